The van der Waals surface area contributed by atoms with Gasteiger partial charge in [0.05, 0.1) is 21.9 Å². The number of carbonyl (C=O) groups is 1. The molecule has 1 amide bonds. The number of carbonyl (C=O) groups excluding carboxylic acids is 1. The van der Waals surface area contributed by atoms with E-state index in [2.05, 4.69) is 42.4 Å². The number of hydrogen-bond acceptors (Lipinski definition) is 3. The van der Waals surface area contributed by atoms with Crippen molar-refractivity contribution in [2.24, 2.45) is 5.10 Å². The van der Waals surface area contributed by atoms with Crippen molar-refractivity contribution >= 4 is 44.0 Å². The minimum absolute atomic E-state index is 0.296. The number of furan rings is 1. The SMILES string of the molecule is O=C(N/N=C/c1cc(Br)c(Br)o1)c1ccccc1-n1cccc1. The first-order valence-electron chi connectivity index (χ1n) is 6.66. The van der Waals surface area contributed by atoms with Crippen molar-refractivity contribution in [3.63, 3.8) is 0 Å². The number of hydrogen-bond donors (Lipinski definition) is 1. The molecule has 5 nitrogen and oxygen atoms in total. The van der Waals surface area contributed by atoms with Crippen molar-refractivity contribution in [1.29, 1.82) is 0 Å². The Kier molecular flexibility index (Phi) is 4.78. The molecule has 0 radical (unpaired) electrons. The molecule has 116 valence electrons. The van der Waals surface area contributed by atoms with Gasteiger partial charge in [-0.1, -0.05) is 12.1 Å². The fourth-order valence-electron chi connectivity index (χ4n) is 2.03. The van der Waals surface area contributed by atoms with Gasteiger partial charge in [0, 0.05) is 18.5 Å². The average molecular weight is 437 g/mol. The zero-order valence-corrected chi connectivity index (χ0v) is 14.9. The molecule has 2 aromatic heterocycles. The number of amides is 1. The Balaban J connectivity index is 1.76. The maximum Gasteiger partial charge on any atom is 0.273 e. The van der Waals surface area contributed by atoms with Crippen LogP contribution in [0.25, 0.3) is 5.69 Å². The smallest absolute Gasteiger partial charge is 0.273 e. The number of nitrogens with one attached hydrogen (secondary N) is 1. The molecule has 1 N–H and O–H groups in total. The van der Waals surface area contributed by atoms with Gasteiger partial charge in [-0.2, -0.15) is 5.10 Å². The Morgan fingerprint density at radius 2 is 1.91 bits per heavy atom. The number of hydrazone groups is 1. The lowest BCUT2D eigenvalue weighted by Crippen LogP contribution is -2.19. The highest BCUT2D eigenvalue weighted by Crippen LogP contribution is 2.25. The highest BCUT2D eigenvalue weighted by atomic mass is 79.9. The largest absolute Gasteiger partial charge is 0.447 e. The summed E-state index contributed by atoms with van der Waals surface area (Å²) in [4.78, 5) is 12.3. The number of rotatable bonds is 4. The molecule has 0 saturated carbocycles. The van der Waals surface area contributed by atoms with Crippen LogP contribution in [0, 0.1) is 0 Å². The van der Waals surface area contributed by atoms with Gasteiger partial charge in [0.1, 0.15) is 5.76 Å². The first-order valence-corrected chi connectivity index (χ1v) is 8.24. The van der Waals surface area contributed by atoms with Crippen LogP contribution in [0.3, 0.4) is 0 Å². The Labute approximate surface area is 149 Å². The summed E-state index contributed by atoms with van der Waals surface area (Å²) in [6.45, 7) is 0. The molecule has 0 unspecified atom stereocenters. The summed E-state index contributed by atoms with van der Waals surface area (Å²) in [5, 5.41) is 3.93. The van der Waals surface area contributed by atoms with E-state index >= 15 is 0 Å². The Hall–Kier alpha value is -2.12. The van der Waals surface area contributed by atoms with E-state index in [9.17, 15) is 4.79 Å². The molecule has 1 aromatic carbocycles. The fraction of sp³-hybridized carbons (Fsp3) is 0. The van der Waals surface area contributed by atoms with E-state index in [4.69, 9.17) is 4.42 Å². The second-order valence-electron chi connectivity index (χ2n) is 4.58. The molecular weight excluding hydrogens is 426 g/mol. The first kappa shape index (κ1) is 15.8. The third-order valence-electron chi connectivity index (χ3n) is 3.05. The van der Waals surface area contributed by atoms with Crippen molar-refractivity contribution in [3.8, 4) is 5.69 Å². The van der Waals surface area contributed by atoms with Crippen LogP contribution >= 0.6 is 31.9 Å². The van der Waals surface area contributed by atoms with Gasteiger partial charge in [-0.15, -0.1) is 0 Å². The van der Waals surface area contributed by atoms with Crippen molar-refractivity contribution in [2.75, 3.05) is 0 Å². The second kappa shape index (κ2) is 6.97. The summed E-state index contributed by atoms with van der Waals surface area (Å²) in [7, 11) is 0. The standard InChI is InChI=1S/C16H11Br2N3O2/c17-13-9-11(23-15(13)18)10-19-20-16(22)12-5-1-2-6-14(12)21-7-3-4-8-21/h1-10H,(H,20,22)/b19-10+. The summed E-state index contributed by atoms with van der Waals surface area (Å²) < 4.78 is 8.58. The molecular formula is C16H11Br2N3O2. The van der Waals surface area contributed by atoms with Crippen LogP contribution < -0.4 is 5.43 Å². The molecule has 7 heteroatoms. The molecule has 23 heavy (non-hydrogen) atoms. The maximum absolute atomic E-state index is 12.3. The predicted octanol–water partition coefficient (Wildman–Crippen LogP) is 4.36. The van der Waals surface area contributed by atoms with Crippen molar-refractivity contribution in [2.45, 2.75) is 0 Å². The van der Waals surface area contributed by atoms with Gasteiger partial charge < -0.3 is 8.98 Å². The number of nitrogens with zero attached hydrogens (tertiary/aromatic N) is 2. The van der Waals surface area contributed by atoms with E-state index in [-0.39, 0.29) is 5.91 Å². The Morgan fingerprint density at radius 1 is 1.17 bits per heavy atom. The van der Waals surface area contributed by atoms with E-state index in [0.29, 0.717) is 16.0 Å². The van der Waals surface area contributed by atoms with E-state index in [1.165, 1.54) is 6.21 Å². The van der Waals surface area contributed by atoms with Crippen LogP contribution in [0.2, 0.25) is 0 Å². The first-order chi connectivity index (χ1) is 11.1. The molecule has 0 spiro atoms. The molecule has 2 heterocycles. The maximum atomic E-state index is 12.3. The van der Waals surface area contributed by atoms with Gasteiger partial charge in [-0.05, 0) is 56.1 Å². The lowest BCUT2D eigenvalue weighted by molar-refractivity contribution is 0.0955. The lowest BCUT2D eigenvalue weighted by atomic mass is 10.1. The summed E-state index contributed by atoms with van der Waals surface area (Å²) in [5.41, 5.74) is 3.82. The van der Waals surface area contributed by atoms with Gasteiger partial charge >= 0.3 is 0 Å². The van der Waals surface area contributed by atoms with Crippen LogP contribution in [0.4, 0.5) is 0 Å². The number of benzene rings is 1. The van der Waals surface area contributed by atoms with Gasteiger partial charge in [-0.3, -0.25) is 4.79 Å². The zero-order valence-electron chi connectivity index (χ0n) is 11.7. The average Bonchev–Trinajstić information content (AvgIpc) is 3.18. The summed E-state index contributed by atoms with van der Waals surface area (Å²) >= 11 is 6.55. The molecule has 0 atom stereocenters. The molecule has 0 bridgehead atoms. The molecule has 0 saturated heterocycles. The molecule has 0 aliphatic heterocycles. The molecule has 0 aliphatic carbocycles. The van der Waals surface area contributed by atoms with Crippen LogP contribution in [-0.2, 0) is 0 Å². The molecule has 3 rings (SSSR count). The van der Waals surface area contributed by atoms with Crippen LogP contribution in [0.1, 0.15) is 16.1 Å². The Morgan fingerprint density at radius 3 is 2.61 bits per heavy atom. The minimum Gasteiger partial charge on any atom is -0.447 e. The normalized spacial score (nSPS) is 11.0. The summed E-state index contributed by atoms with van der Waals surface area (Å²) in [5.74, 6) is 0.220. The summed E-state index contributed by atoms with van der Waals surface area (Å²) in [6, 6.07) is 12.9. The minimum atomic E-state index is -0.296. The van der Waals surface area contributed by atoms with E-state index < -0.39 is 0 Å². The highest BCUT2D eigenvalue weighted by Gasteiger charge is 2.11. The quantitative estimate of drug-likeness (QED) is 0.488. The highest BCUT2D eigenvalue weighted by molar-refractivity contribution is 9.13. The van der Waals surface area contributed by atoms with Crippen LogP contribution in [0.5, 0.6) is 0 Å². The molecule has 3 aromatic rings. The molecule has 0 aliphatic rings. The number of aromatic nitrogens is 1. The number of para-hydroxylation sites is 1. The summed E-state index contributed by atoms with van der Waals surface area (Å²) in [6.07, 6.45) is 5.20. The van der Waals surface area contributed by atoms with E-state index in [1.807, 2.05) is 47.3 Å². The Bertz CT molecular complexity index is 835. The zero-order chi connectivity index (χ0) is 16.2. The second-order valence-corrected chi connectivity index (χ2v) is 6.15. The predicted molar refractivity (Wildman–Crippen MR) is 94.9 cm³/mol. The van der Waals surface area contributed by atoms with Crippen LogP contribution in [-0.4, -0.2) is 16.7 Å². The monoisotopic (exact) mass is 435 g/mol. The van der Waals surface area contributed by atoms with Gasteiger partial charge in [0.2, 0.25) is 0 Å². The topological polar surface area (TPSA) is 59.5 Å². The third-order valence-corrected chi connectivity index (χ3v) is 4.76. The molecule has 0 fully saturated rings. The number of halogens is 2. The lowest BCUT2D eigenvalue weighted by Gasteiger charge is -2.08. The fourth-order valence-corrected chi connectivity index (χ4v) is 2.64. The van der Waals surface area contributed by atoms with Crippen molar-refractivity contribution < 1.29 is 9.21 Å². The van der Waals surface area contributed by atoms with E-state index in [0.717, 1.165) is 10.2 Å². The van der Waals surface area contributed by atoms with Crippen molar-refractivity contribution in [3.05, 3.63) is 75.3 Å². The van der Waals surface area contributed by atoms with Gasteiger partial charge in [-0.25, -0.2) is 5.43 Å². The third kappa shape index (κ3) is 3.62. The van der Waals surface area contributed by atoms with Gasteiger partial charge in [0.25, 0.3) is 5.91 Å². The van der Waals surface area contributed by atoms with Gasteiger partial charge in [0.15, 0.2) is 4.67 Å². The van der Waals surface area contributed by atoms with Crippen molar-refractivity contribution in [1.82, 2.24) is 9.99 Å². The van der Waals surface area contributed by atoms with Crippen LogP contribution in [0.15, 0.2) is 73.5 Å². The van der Waals surface area contributed by atoms with E-state index in [1.54, 1.807) is 12.1 Å².